The van der Waals surface area contributed by atoms with Crippen LogP contribution in [0.4, 0.5) is 0 Å². The maximum absolute atomic E-state index is 12.9. The Bertz CT molecular complexity index is 930. The van der Waals surface area contributed by atoms with Crippen molar-refractivity contribution in [2.45, 2.75) is 46.3 Å². The Kier molecular flexibility index (Phi) is 6.55. The Labute approximate surface area is 175 Å². The smallest absolute Gasteiger partial charge is 0.295 e. The molecule has 5 nitrogen and oxygen atoms in total. The van der Waals surface area contributed by atoms with Crippen LogP contribution in [0.5, 0.6) is 0 Å². The fourth-order valence-electron chi connectivity index (χ4n) is 3.45. The van der Waals surface area contributed by atoms with Gasteiger partial charge >= 0.3 is 0 Å². The highest BCUT2D eigenvalue weighted by molar-refractivity contribution is 7.10. The summed E-state index contributed by atoms with van der Waals surface area (Å²) in [4.78, 5) is 28.1. The SMILES string of the molecule is Cc1ccc(/C(O)=C2/C(=O)C(=O)N(CCCOC(C)C)C2c2cccs2)cc1C. The van der Waals surface area contributed by atoms with Crippen molar-refractivity contribution in [2.75, 3.05) is 13.2 Å². The first-order chi connectivity index (χ1) is 13.8. The Morgan fingerprint density at radius 1 is 1.21 bits per heavy atom. The quantitative estimate of drug-likeness (QED) is 0.312. The van der Waals surface area contributed by atoms with Crippen LogP contribution < -0.4 is 0 Å². The van der Waals surface area contributed by atoms with Gasteiger partial charge in [-0.2, -0.15) is 0 Å². The van der Waals surface area contributed by atoms with Crippen molar-refractivity contribution >= 4 is 28.8 Å². The van der Waals surface area contributed by atoms with E-state index in [1.807, 2.05) is 57.3 Å². The van der Waals surface area contributed by atoms with Gasteiger partial charge in [-0.05, 0) is 62.8 Å². The number of amides is 1. The molecule has 0 aliphatic carbocycles. The van der Waals surface area contributed by atoms with E-state index in [1.54, 1.807) is 11.0 Å². The maximum Gasteiger partial charge on any atom is 0.295 e. The normalized spacial score (nSPS) is 18.8. The lowest BCUT2D eigenvalue weighted by Crippen LogP contribution is -2.31. The van der Waals surface area contributed by atoms with Gasteiger partial charge in [-0.1, -0.05) is 18.2 Å². The topological polar surface area (TPSA) is 66.8 Å². The van der Waals surface area contributed by atoms with E-state index in [0.29, 0.717) is 25.1 Å². The van der Waals surface area contributed by atoms with Crippen molar-refractivity contribution in [1.82, 2.24) is 4.90 Å². The van der Waals surface area contributed by atoms with Crippen LogP contribution in [0.25, 0.3) is 5.76 Å². The molecule has 0 radical (unpaired) electrons. The lowest BCUT2D eigenvalue weighted by atomic mass is 9.97. The number of rotatable bonds is 7. The molecule has 154 valence electrons. The molecule has 1 aromatic carbocycles. The van der Waals surface area contributed by atoms with Gasteiger partial charge in [0.05, 0.1) is 17.7 Å². The third-order valence-corrected chi connectivity index (χ3v) is 6.05. The highest BCUT2D eigenvalue weighted by Gasteiger charge is 2.46. The van der Waals surface area contributed by atoms with E-state index in [4.69, 9.17) is 4.74 Å². The Hall–Kier alpha value is -2.44. The first kappa shape index (κ1) is 21.3. The van der Waals surface area contributed by atoms with Crippen LogP contribution in [0.1, 0.15) is 47.9 Å². The summed E-state index contributed by atoms with van der Waals surface area (Å²) in [7, 11) is 0. The molecule has 6 heteroatoms. The molecule has 1 N–H and O–H groups in total. The minimum Gasteiger partial charge on any atom is -0.507 e. The number of hydrogen-bond acceptors (Lipinski definition) is 5. The number of aryl methyl sites for hydroxylation is 2. The molecule has 1 aliphatic heterocycles. The molecule has 1 amide bonds. The number of benzene rings is 1. The molecule has 1 unspecified atom stereocenters. The summed E-state index contributed by atoms with van der Waals surface area (Å²) in [6.45, 7) is 8.76. The maximum atomic E-state index is 12.9. The second-order valence-corrected chi connectivity index (χ2v) is 8.56. The van der Waals surface area contributed by atoms with Crippen LogP contribution in [0.15, 0.2) is 41.3 Å². The van der Waals surface area contributed by atoms with Crippen molar-refractivity contribution in [3.63, 3.8) is 0 Å². The minimum absolute atomic E-state index is 0.114. The van der Waals surface area contributed by atoms with E-state index >= 15 is 0 Å². The Morgan fingerprint density at radius 2 is 1.97 bits per heavy atom. The lowest BCUT2D eigenvalue weighted by Gasteiger charge is -2.24. The van der Waals surface area contributed by atoms with Crippen molar-refractivity contribution in [2.24, 2.45) is 0 Å². The first-order valence-electron chi connectivity index (χ1n) is 9.82. The number of ketones is 1. The van der Waals surface area contributed by atoms with Crippen LogP contribution in [0.2, 0.25) is 0 Å². The molecule has 1 atom stereocenters. The summed E-state index contributed by atoms with van der Waals surface area (Å²) in [6.07, 6.45) is 0.736. The van der Waals surface area contributed by atoms with Crippen LogP contribution in [0, 0.1) is 13.8 Å². The highest BCUT2D eigenvalue weighted by Crippen LogP contribution is 2.41. The van der Waals surface area contributed by atoms with Crippen molar-refractivity contribution in [3.8, 4) is 0 Å². The number of aliphatic hydroxyl groups is 1. The van der Waals surface area contributed by atoms with Crippen molar-refractivity contribution in [1.29, 1.82) is 0 Å². The molecule has 2 heterocycles. The number of aliphatic hydroxyl groups excluding tert-OH is 1. The van der Waals surface area contributed by atoms with Gasteiger partial charge in [0.15, 0.2) is 0 Å². The van der Waals surface area contributed by atoms with E-state index in [-0.39, 0.29) is 17.4 Å². The fraction of sp³-hybridized carbons (Fsp3) is 0.391. The van der Waals surface area contributed by atoms with Gasteiger partial charge in [0.1, 0.15) is 5.76 Å². The van der Waals surface area contributed by atoms with Gasteiger partial charge in [-0.15, -0.1) is 11.3 Å². The zero-order valence-corrected chi connectivity index (χ0v) is 18.1. The van der Waals surface area contributed by atoms with E-state index in [9.17, 15) is 14.7 Å². The largest absolute Gasteiger partial charge is 0.507 e. The number of hydrogen-bond donors (Lipinski definition) is 1. The third kappa shape index (κ3) is 4.43. The van der Waals surface area contributed by atoms with Gasteiger partial charge < -0.3 is 14.7 Å². The first-order valence-corrected chi connectivity index (χ1v) is 10.7. The fourth-order valence-corrected chi connectivity index (χ4v) is 4.30. The summed E-state index contributed by atoms with van der Waals surface area (Å²) >= 11 is 1.47. The van der Waals surface area contributed by atoms with E-state index in [1.165, 1.54) is 11.3 Å². The van der Waals surface area contributed by atoms with E-state index in [0.717, 1.165) is 16.0 Å². The predicted molar refractivity (Wildman–Crippen MR) is 115 cm³/mol. The average molecular weight is 414 g/mol. The summed E-state index contributed by atoms with van der Waals surface area (Å²) in [5, 5.41) is 12.9. The van der Waals surface area contributed by atoms with Crippen molar-refractivity contribution < 1.29 is 19.4 Å². The molecule has 1 aromatic heterocycles. The Morgan fingerprint density at radius 3 is 2.59 bits per heavy atom. The molecule has 1 aliphatic rings. The molecule has 0 spiro atoms. The van der Waals surface area contributed by atoms with Crippen LogP contribution in [-0.2, 0) is 14.3 Å². The standard InChI is InChI=1S/C23H27NO4S/c1-14(2)28-11-6-10-24-20(18-7-5-12-29-18)19(22(26)23(24)27)21(25)17-9-8-15(3)16(4)13-17/h5,7-9,12-14,20,25H,6,10-11H2,1-4H3/b21-19-. The average Bonchev–Trinajstić information content (AvgIpc) is 3.28. The molecule has 29 heavy (non-hydrogen) atoms. The molecule has 0 bridgehead atoms. The number of carbonyl (C=O) groups excluding carboxylic acids is 2. The third-order valence-electron chi connectivity index (χ3n) is 5.13. The summed E-state index contributed by atoms with van der Waals surface area (Å²) in [5.41, 5.74) is 2.82. The zero-order chi connectivity index (χ0) is 21.1. The highest BCUT2D eigenvalue weighted by atomic mass is 32.1. The number of ether oxygens (including phenoxy) is 1. The Balaban J connectivity index is 1.99. The van der Waals surface area contributed by atoms with Gasteiger partial charge in [0.25, 0.3) is 11.7 Å². The van der Waals surface area contributed by atoms with Gasteiger partial charge in [0, 0.05) is 23.6 Å². The van der Waals surface area contributed by atoms with E-state index < -0.39 is 17.7 Å². The number of nitrogens with zero attached hydrogens (tertiary/aromatic N) is 1. The number of Topliss-reactive ketones (excluding diaryl/α,β-unsaturated/α-hetero) is 1. The lowest BCUT2D eigenvalue weighted by molar-refractivity contribution is -0.140. The second-order valence-electron chi connectivity index (χ2n) is 7.58. The molecule has 1 saturated heterocycles. The minimum atomic E-state index is -0.635. The molecule has 2 aromatic rings. The number of thiophene rings is 1. The summed E-state index contributed by atoms with van der Waals surface area (Å²) in [6, 6.07) is 8.75. The summed E-state index contributed by atoms with van der Waals surface area (Å²) in [5.74, 6) is -1.33. The molecule has 1 fully saturated rings. The van der Waals surface area contributed by atoms with Crippen LogP contribution in [-0.4, -0.2) is 41.0 Å². The molecule has 3 rings (SSSR count). The molecular formula is C23H27NO4S. The predicted octanol–water partition coefficient (Wildman–Crippen LogP) is 4.60. The number of likely N-dealkylation sites (tertiary alicyclic amines) is 1. The van der Waals surface area contributed by atoms with Gasteiger partial charge in [-0.25, -0.2) is 0 Å². The van der Waals surface area contributed by atoms with Gasteiger partial charge in [0.2, 0.25) is 0 Å². The monoisotopic (exact) mass is 413 g/mol. The van der Waals surface area contributed by atoms with Crippen LogP contribution in [0.3, 0.4) is 0 Å². The van der Waals surface area contributed by atoms with Crippen molar-refractivity contribution in [3.05, 3.63) is 62.9 Å². The zero-order valence-electron chi connectivity index (χ0n) is 17.3. The van der Waals surface area contributed by atoms with Crippen LogP contribution >= 0.6 is 11.3 Å². The molecule has 0 saturated carbocycles. The van der Waals surface area contributed by atoms with Gasteiger partial charge in [-0.3, -0.25) is 9.59 Å². The number of carbonyl (C=O) groups is 2. The molecular weight excluding hydrogens is 386 g/mol. The summed E-state index contributed by atoms with van der Waals surface area (Å²) < 4.78 is 5.58. The second kappa shape index (κ2) is 8.93. The van der Waals surface area contributed by atoms with E-state index in [2.05, 4.69) is 0 Å².